The van der Waals surface area contributed by atoms with Gasteiger partial charge >= 0.3 is 0 Å². The number of ether oxygens (including phenoxy) is 6. The maximum Gasteiger partial charge on any atom is 0.187 e. The van der Waals surface area contributed by atoms with Gasteiger partial charge in [0.05, 0.1) is 37.6 Å². The van der Waals surface area contributed by atoms with Gasteiger partial charge in [0.15, 0.2) is 18.4 Å². The Hall–Kier alpha value is -0.520. The molecule has 0 aromatic carbocycles. The Labute approximate surface area is 307 Å². The molecule has 1 spiro atoms. The second-order valence-electron chi connectivity index (χ2n) is 18.8. The summed E-state index contributed by atoms with van der Waals surface area (Å²) in [6.07, 6.45) is -6.51. The second-order valence-corrected chi connectivity index (χ2v) is 18.8. The Morgan fingerprint density at radius 1 is 0.731 bits per heavy atom. The smallest absolute Gasteiger partial charge is 0.187 e. The summed E-state index contributed by atoms with van der Waals surface area (Å²) < 4.78 is 37.4. The summed E-state index contributed by atoms with van der Waals surface area (Å²) in [6.45, 7) is 11.2. The first-order valence-corrected chi connectivity index (χ1v) is 20.2. The zero-order chi connectivity index (χ0) is 37.1. The molecule has 4 heterocycles. The maximum absolute atomic E-state index is 11.8. The Kier molecular flexibility index (Phi) is 10.2. The van der Waals surface area contributed by atoms with E-state index in [1.165, 1.54) is 6.92 Å². The van der Waals surface area contributed by atoms with Crippen LogP contribution in [0.2, 0.25) is 0 Å². The van der Waals surface area contributed by atoms with E-state index in [1.54, 1.807) is 0 Å². The number of rotatable bonds is 5. The fraction of sp³-hybridized carbons (Fsp3) is 1.00. The molecule has 8 fully saturated rings. The minimum absolute atomic E-state index is 0.0859. The molecule has 0 radical (unpaired) electrons. The fourth-order valence-corrected chi connectivity index (χ4v) is 13.2. The van der Waals surface area contributed by atoms with Gasteiger partial charge in [-0.1, -0.05) is 27.7 Å². The normalized spacial score (nSPS) is 60.5. The average molecular weight is 741 g/mol. The monoisotopic (exact) mass is 740 g/mol. The minimum atomic E-state index is -1.65. The van der Waals surface area contributed by atoms with Gasteiger partial charge in [-0.2, -0.15) is 0 Å². The average Bonchev–Trinajstić information content (AvgIpc) is 3.56. The molecule has 7 N–H and O–H groups in total. The zero-order valence-electron chi connectivity index (χ0n) is 31.4. The van der Waals surface area contributed by atoms with Gasteiger partial charge in [0, 0.05) is 12.3 Å². The van der Waals surface area contributed by atoms with E-state index in [-0.39, 0.29) is 22.9 Å². The molecule has 4 saturated carbocycles. The largest absolute Gasteiger partial charge is 0.394 e. The molecule has 8 rings (SSSR count). The highest BCUT2D eigenvalue weighted by molar-refractivity contribution is 5.16. The van der Waals surface area contributed by atoms with Crippen molar-refractivity contribution in [1.82, 2.24) is 0 Å². The molecule has 0 aromatic rings. The van der Waals surface area contributed by atoms with E-state index in [2.05, 4.69) is 27.7 Å². The van der Waals surface area contributed by atoms with Crippen molar-refractivity contribution in [2.24, 2.45) is 52.3 Å². The van der Waals surface area contributed by atoms with Crippen LogP contribution in [-0.2, 0) is 28.4 Å². The minimum Gasteiger partial charge on any atom is -0.394 e. The molecular weight excluding hydrogens is 676 g/mol. The van der Waals surface area contributed by atoms with E-state index >= 15 is 0 Å². The van der Waals surface area contributed by atoms with E-state index in [1.807, 2.05) is 0 Å². The van der Waals surface area contributed by atoms with E-state index in [0.717, 1.165) is 51.6 Å². The summed E-state index contributed by atoms with van der Waals surface area (Å²) in [5, 5.41) is 74.8. The van der Waals surface area contributed by atoms with E-state index < -0.39 is 86.0 Å². The summed E-state index contributed by atoms with van der Waals surface area (Å²) >= 11 is 0. The van der Waals surface area contributed by atoms with Crippen LogP contribution in [0.15, 0.2) is 0 Å². The second kappa shape index (κ2) is 13.8. The predicted molar refractivity (Wildman–Crippen MR) is 183 cm³/mol. The van der Waals surface area contributed by atoms with Crippen molar-refractivity contribution in [3.8, 4) is 0 Å². The molecule has 298 valence electrons. The third-order valence-corrected chi connectivity index (χ3v) is 16.2. The van der Waals surface area contributed by atoms with Crippen molar-refractivity contribution >= 4 is 0 Å². The lowest BCUT2D eigenvalue weighted by atomic mass is 9.44. The molecule has 23 atom stereocenters. The van der Waals surface area contributed by atoms with E-state index in [0.29, 0.717) is 48.3 Å². The van der Waals surface area contributed by atoms with Crippen LogP contribution in [0.5, 0.6) is 0 Å². The summed E-state index contributed by atoms with van der Waals surface area (Å²) in [4.78, 5) is 0. The highest BCUT2D eigenvalue weighted by atomic mass is 16.8. The van der Waals surface area contributed by atoms with Gasteiger partial charge in [0.1, 0.15) is 42.7 Å². The molecule has 0 amide bonds. The van der Waals surface area contributed by atoms with Crippen LogP contribution in [-0.4, -0.2) is 134 Å². The lowest BCUT2D eigenvalue weighted by Crippen LogP contribution is -2.65. The third-order valence-electron chi connectivity index (χ3n) is 16.2. The first-order chi connectivity index (χ1) is 24.6. The lowest BCUT2D eigenvalue weighted by Gasteiger charge is -2.62. The first-order valence-electron chi connectivity index (χ1n) is 20.2. The van der Waals surface area contributed by atoms with E-state index in [9.17, 15) is 35.7 Å². The molecular formula is C39H64O13. The topological polar surface area (TPSA) is 197 Å². The van der Waals surface area contributed by atoms with Gasteiger partial charge in [-0.15, -0.1) is 0 Å². The molecule has 13 heteroatoms. The van der Waals surface area contributed by atoms with Crippen molar-refractivity contribution in [2.75, 3.05) is 13.2 Å². The van der Waals surface area contributed by atoms with Crippen LogP contribution < -0.4 is 0 Å². The number of hydrogen-bond acceptors (Lipinski definition) is 13. The van der Waals surface area contributed by atoms with Crippen molar-refractivity contribution in [2.45, 2.75) is 178 Å². The number of aliphatic hydroxyl groups excluding tert-OH is 7. The standard InChI is InChI=1S/C39H64O13/c1-17-8-11-39(47-16-17)18(2)28-26(52-39)13-23-21-7-6-20-12-25(24(41)14-38(20,5)22(21)9-10-37(23,28)4)49-36-34(32(45)30(43)27(15-40)50-36)51-35-33(46)31(44)29(42)19(3)48-35/h17-36,40-46H,6-16H2,1-5H3/t17-,18+,19-,20+,21-,22+,23+,24-,25-,26+,27-,28+,29-,30+,31+,32+,33+,34-,35-,36-,37+,38+,39-/m1/s1. The summed E-state index contributed by atoms with van der Waals surface area (Å²) in [7, 11) is 0. The van der Waals surface area contributed by atoms with Crippen molar-refractivity contribution in [1.29, 1.82) is 0 Å². The van der Waals surface area contributed by atoms with Crippen molar-refractivity contribution < 1.29 is 64.2 Å². The fourth-order valence-electron chi connectivity index (χ4n) is 13.2. The molecule has 4 saturated heterocycles. The molecule has 4 aliphatic carbocycles. The molecule has 0 aromatic heterocycles. The molecule has 13 nitrogen and oxygen atoms in total. The van der Waals surface area contributed by atoms with Gasteiger partial charge in [-0.25, -0.2) is 0 Å². The van der Waals surface area contributed by atoms with Crippen LogP contribution in [0.4, 0.5) is 0 Å². The quantitative estimate of drug-likeness (QED) is 0.200. The van der Waals surface area contributed by atoms with Gasteiger partial charge in [0.2, 0.25) is 0 Å². The predicted octanol–water partition coefficient (Wildman–Crippen LogP) is 1.44. The Balaban J connectivity index is 0.962. The summed E-state index contributed by atoms with van der Waals surface area (Å²) in [5.74, 6) is 2.91. The summed E-state index contributed by atoms with van der Waals surface area (Å²) in [5.41, 5.74) is 0.115. The number of fused-ring (bicyclic) bond motifs is 7. The van der Waals surface area contributed by atoms with Crippen molar-refractivity contribution in [3.63, 3.8) is 0 Å². The highest BCUT2D eigenvalue weighted by Crippen LogP contribution is 2.71. The number of aliphatic hydroxyl groups is 7. The molecule has 52 heavy (non-hydrogen) atoms. The highest BCUT2D eigenvalue weighted by Gasteiger charge is 2.69. The first kappa shape index (κ1) is 38.4. The van der Waals surface area contributed by atoms with E-state index in [4.69, 9.17) is 28.4 Å². The summed E-state index contributed by atoms with van der Waals surface area (Å²) in [6, 6.07) is 0. The van der Waals surface area contributed by atoms with Crippen LogP contribution in [0.3, 0.4) is 0 Å². The number of hydrogen-bond donors (Lipinski definition) is 7. The molecule has 0 unspecified atom stereocenters. The molecule has 0 bridgehead atoms. The Bertz CT molecular complexity index is 1280. The van der Waals surface area contributed by atoms with Gasteiger partial charge in [-0.3, -0.25) is 0 Å². The Morgan fingerprint density at radius 2 is 1.50 bits per heavy atom. The van der Waals surface area contributed by atoms with Crippen molar-refractivity contribution in [3.05, 3.63) is 0 Å². The van der Waals surface area contributed by atoms with Crippen LogP contribution in [0.1, 0.15) is 92.4 Å². The lowest BCUT2D eigenvalue weighted by molar-refractivity contribution is -0.374. The van der Waals surface area contributed by atoms with Crippen LogP contribution in [0, 0.1) is 52.3 Å². The third kappa shape index (κ3) is 5.89. The van der Waals surface area contributed by atoms with Gasteiger partial charge < -0.3 is 64.2 Å². The molecule has 8 aliphatic rings. The van der Waals surface area contributed by atoms with Crippen LogP contribution in [0.25, 0.3) is 0 Å². The van der Waals surface area contributed by atoms with Gasteiger partial charge in [0.25, 0.3) is 0 Å². The molecule has 4 aliphatic heterocycles. The maximum atomic E-state index is 11.8. The SMILES string of the molecule is C[C@@H]1CC[C@@]2(OC1)O[C@H]1C[C@H]3[C@@H]4CC[C@H]5C[C@@H](O[C@@H]6O[C@H](CO)[C@H](O)[C@H](O)[C@H]6O[C@H]6O[C@H](C)[C@@H](O)[C@H](O)[C@@H]6O)[C@H](O)C[C@]5(C)[C@H]4CC[C@]3(C)[C@H]1[C@@H]2C. The van der Waals surface area contributed by atoms with Gasteiger partial charge in [-0.05, 0) is 105 Å². The zero-order valence-corrected chi connectivity index (χ0v) is 31.4. The van der Waals surface area contributed by atoms with Crippen LogP contribution >= 0.6 is 0 Å². The Morgan fingerprint density at radius 3 is 2.21 bits per heavy atom.